The molecule has 0 radical (unpaired) electrons. The smallest absolute Gasteiger partial charge is 0.250 e. The SMILES string of the molecule is C(=N/Nc1nc(N/N=C\c2cccnc2)nc(N(c2ccccc2)c2ccccc2)n1)/c1cccnc1. The molecular formula is C27H22N10. The molecule has 0 aliphatic heterocycles. The van der Waals surface area contributed by atoms with E-state index in [1.165, 1.54) is 0 Å². The second-order valence-corrected chi connectivity index (χ2v) is 7.60. The van der Waals surface area contributed by atoms with Gasteiger partial charge < -0.3 is 0 Å². The van der Waals surface area contributed by atoms with E-state index in [1.54, 1.807) is 37.2 Å². The number of nitrogens with one attached hydrogen (secondary N) is 2. The van der Waals surface area contributed by atoms with Crippen molar-refractivity contribution < 1.29 is 0 Å². The molecule has 0 unspecified atom stereocenters. The molecule has 0 amide bonds. The first-order valence-electron chi connectivity index (χ1n) is 11.4. The lowest BCUT2D eigenvalue weighted by Gasteiger charge is -2.23. The van der Waals surface area contributed by atoms with Gasteiger partial charge in [0.2, 0.25) is 17.8 Å². The van der Waals surface area contributed by atoms with Crippen molar-refractivity contribution in [3.63, 3.8) is 0 Å². The fourth-order valence-electron chi connectivity index (χ4n) is 3.33. The van der Waals surface area contributed by atoms with E-state index in [0.717, 1.165) is 22.5 Å². The maximum absolute atomic E-state index is 4.65. The van der Waals surface area contributed by atoms with Crippen LogP contribution in [0.2, 0.25) is 0 Å². The van der Waals surface area contributed by atoms with Gasteiger partial charge in [-0.15, -0.1) is 0 Å². The second kappa shape index (κ2) is 11.8. The molecule has 37 heavy (non-hydrogen) atoms. The summed E-state index contributed by atoms with van der Waals surface area (Å²) in [5.41, 5.74) is 9.21. The van der Waals surface area contributed by atoms with Gasteiger partial charge in [-0.2, -0.15) is 25.2 Å². The van der Waals surface area contributed by atoms with Gasteiger partial charge in [-0.1, -0.05) is 48.5 Å². The Kier molecular flexibility index (Phi) is 7.39. The van der Waals surface area contributed by atoms with E-state index in [1.807, 2.05) is 89.8 Å². The van der Waals surface area contributed by atoms with Crippen LogP contribution in [0.4, 0.5) is 29.2 Å². The number of rotatable bonds is 9. The lowest BCUT2D eigenvalue weighted by molar-refractivity contribution is 0.991. The van der Waals surface area contributed by atoms with Crippen molar-refractivity contribution in [1.29, 1.82) is 0 Å². The topological polar surface area (TPSA) is 116 Å². The van der Waals surface area contributed by atoms with Gasteiger partial charge >= 0.3 is 0 Å². The molecule has 0 saturated carbocycles. The summed E-state index contributed by atoms with van der Waals surface area (Å²) in [5, 5.41) is 8.53. The number of hydrogen-bond acceptors (Lipinski definition) is 10. The monoisotopic (exact) mass is 486 g/mol. The minimum atomic E-state index is 0.237. The van der Waals surface area contributed by atoms with Crippen molar-refractivity contribution in [2.45, 2.75) is 0 Å². The number of nitrogens with zero attached hydrogens (tertiary/aromatic N) is 8. The third-order valence-electron chi connectivity index (χ3n) is 4.98. The Morgan fingerprint density at radius 1 is 0.568 bits per heavy atom. The van der Waals surface area contributed by atoms with Crippen molar-refractivity contribution >= 4 is 41.6 Å². The van der Waals surface area contributed by atoms with Crippen molar-refractivity contribution in [3.8, 4) is 0 Å². The predicted octanol–water partition coefficient (Wildman–Crippen LogP) is 5.02. The molecule has 5 aromatic rings. The number of hydrogen-bond donors (Lipinski definition) is 2. The number of benzene rings is 2. The van der Waals surface area contributed by atoms with Gasteiger partial charge in [0.25, 0.3) is 0 Å². The summed E-state index contributed by atoms with van der Waals surface area (Å²) >= 11 is 0. The predicted molar refractivity (Wildman–Crippen MR) is 145 cm³/mol. The summed E-state index contributed by atoms with van der Waals surface area (Å²) in [6.45, 7) is 0. The molecule has 3 aromatic heterocycles. The molecule has 2 aromatic carbocycles. The summed E-state index contributed by atoms with van der Waals surface area (Å²) in [5.74, 6) is 0.854. The van der Waals surface area contributed by atoms with E-state index in [-0.39, 0.29) is 11.9 Å². The van der Waals surface area contributed by atoms with Crippen LogP contribution < -0.4 is 15.8 Å². The highest BCUT2D eigenvalue weighted by molar-refractivity contribution is 5.80. The minimum Gasteiger partial charge on any atom is -0.279 e. The lowest BCUT2D eigenvalue weighted by Crippen LogP contribution is -2.16. The highest BCUT2D eigenvalue weighted by Gasteiger charge is 2.17. The van der Waals surface area contributed by atoms with Gasteiger partial charge in [0, 0.05) is 47.3 Å². The third kappa shape index (κ3) is 6.34. The van der Waals surface area contributed by atoms with Crippen molar-refractivity contribution in [3.05, 3.63) is 121 Å². The molecule has 0 saturated heterocycles. The van der Waals surface area contributed by atoms with Crippen LogP contribution >= 0.6 is 0 Å². The van der Waals surface area contributed by atoms with Gasteiger partial charge in [0.1, 0.15) is 0 Å². The zero-order valence-electron chi connectivity index (χ0n) is 19.6. The zero-order valence-corrected chi connectivity index (χ0v) is 19.6. The van der Waals surface area contributed by atoms with Gasteiger partial charge in [0.15, 0.2) is 0 Å². The molecule has 0 aliphatic rings. The fraction of sp³-hybridized carbons (Fsp3) is 0. The van der Waals surface area contributed by atoms with Crippen LogP contribution in [-0.2, 0) is 0 Å². The third-order valence-corrected chi connectivity index (χ3v) is 4.98. The molecule has 0 fully saturated rings. The van der Waals surface area contributed by atoms with Crippen LogP contribution in [0.25, 0.3) is 0 Å². The molecule has 10 heteroatoms. The quantitative estimate of drug-likeness (QED) is 0.220. The van der Waals surface area contributed by atoms with Crippen LogP contribution in [-0.4, -0.2) is 37.3 Å². The normalized spacial score (nSPS) is 11.0. The van der Waals surface area contributed by atoms with E-state index < -0.39 is 0 Å². The summed E-state index contributed by atoms with van der Waals surface area (Å²) in [6.07, 6.45) is 10.1. The van der Waals surface area contributed by atoms with Gasteiger partial charge in [0.05, 0.1) is 12.4 Å². The van der Waals surface area contributed by atoms with Gasteiger partial charge in [-0.25, -0.2) is 10.9 Å². The summed E-state index contributed by atoms with van der Waals surface area (Å²) in [6, 6.07) is 27.1. The first-order valence-corrected chi connectivity index (χ1v) is 11.4. The Morgan fingerprint density at radius 2 is 1.05 bits per heavy atom. The highest BCUT2D eigenvalue weighted by atomic mass is 15.4. The van der Waals surface area contributed by atoms with Crippen LogP contribution in [0.1, 0.15) is 11.1 Å². The molecule has 0 aliphatic carbocycles. The van der Waals surface area contributed by atoms with E-state index in [9.17, 15) is 0 Å². The summed E-state index contributed by atoms with van der Waals surface area (Å²) in [4.78, 5) is 23.8. The highest BCUT2D eigenvalue weighted by Crippen LogP contribution is 2.32. The molecule has 2 N–H and O–H groups in total. The van der Waals surface area contributed by atoms with Gasteiger partial charge in [-0.05, 0) is 36.4 Å². The maximum atomic E-state index is 4.65. The fourth-order valence-corrected chi connectivity index (χ4v) is 3.33. The van der Waals surface area contributed by atoms with E-state index in [2.05, 4.69) is 46.0 Å². The maximum Gasteiger partial charge on any atom is 0.250 e. The Bertz CT molecular complexity index is 1350. The lowest BCUT2D eigenvalue weighted by atomic mass is 10.2. The van der Waals surface area contributed by atoms with E-state index in [4.69, 9.17) is 0 Å². The zero-order chi connectivity index (χ0) is 25.1. The molecule has 5 rings (SSSR count). The number of pyridine rings is 2. The second-order valence-electron chi connectivity index (χ2n) is 7.60. The first kappa shape index (κ1) is 23.2. The largest absolute Gasteiger partial charge is 0.279 e. The van der Waals surface area contributed by atoms with E-state index in [0.29, 0.717) is 5.95 Å². The summed E-state index contributed by atoms with van der Waals surface area (Å²) < 4.78 is 0. The number of anilines is 5. The molecular weight excluding hydrogens is 464 g/mol. The number of aromatic nitrogens is 5. The van der Waals surface area contributed by atoms with E-state index >= 15 is 0 Å². The minimum absolute atomic E-state index is 0.237. The van der Waals surface area contributed by atoms with Crippen molar-refractivity contribution in [2.24, 2.45) is 10.2 Å². The van der Waals surface area contributed by atoms with Crippen LogP contribution in [0.15, 0.2) is 120 Å². The Balaban J connectivity index is 1.50. The molecule has 0 atom stereocenters. The molecule has 0 bridgehead atoms. The Morgan fingerprint density at radius 3 is 1.49 bits per heavy atom. The van der Waals surface area contributed by atoms with Crippen LogP contribution in [0, 0.1) is 0 Å². The average molecular weight is 487 g/mol. The van der Waals surface area contributed by atoms with Crippen molar-refractivity contribution in [1.82, 2.24) is 24.9 Å². The van der Waals surface area contributed by atoms with Crippen LogP contribution in [0.5, 0.6) is 0 Å². The Labute approximate surface area is 213 Å². The number of hydrazone groups is 2. The molecule has 180 valence electrons. The summed E-state index contributed by atoms with van der Waals surface area (Å²) in [7, 11) is 0. The molecule has 0 spiro atoms. The molecule has 3 heterocycles. The first-order chi connectivity index (χ1) is 18.3. The van der Waals surface area contributed by atoms with Crippen molar-refractivity contribution in [2.75, 3.05) is 15.8 Å². The number of para-hydroxylation sites is 2. The standard InChI is InChI=1S/C27H22N10/c1-3-11-23(12-4-1)37(24-13-5-2-6-14-24)27-33-25(35-30-19-21-9-7-15-28-17-21)32-26(34-27)36-31-20-22-10-8-16-29-18-22/h1-20H,(H2,32,33,34,35,36)/b30-19-,31-20-. The molecule has 10 nitrogen and oxygen atoms in total. The van der Waals surface area contributed by atoms with Gasteiger partial charge in [-0.3, -0.25) is 14.9 Å². The van der Waals surface area contributed by atoms with Crippen LogP contribution in [0.3, 0.4) is 0 Å². The average Bonchev–Trinajstić information content (AvgIpc) is 2.96. The Hall–Kier alpha value is -5.51.